The fraction of sp³-hybridized carbons (Fsp3) is 0.300. The second-order valence-electron chi connectivity index (χ2n) is 3.04. The van der Waals surface area contributed by atoms with Crippen LogP contribution >= 0.6 is 11.8 Å². The van der Waals surface area contributed by atoms with Crippen molar-refractivity contribution in [2.75, 3.05) is 17.6 Å². The van der Waals surface area contributed by atoms with E-state index in [0.717, 1.165) is 23.5 Å². The molecule has 13 heavy (non-hydrogen) atoms. The first kappa shape index (κ1) is 8.63. The molecule has 68 valence electrons. The van der Waals surface area contributed by atoms with Crippen LogP contribution in [0.1, 0.15) is 17.3 Å². The van der Waals surface area contributed by atoms with Crippen LogP contribution in [0.25, 0.3) is 0 Å². The van der Waals surface area contributed by atoms with Crippen LogP contribution in [0, 0.1) is 0 Å². The number of rotatable bonds is 1. The fourth-order valence-corrected chi connectivity index (χ4v) is 2.23. The number of thioether (sulfide) groups is 1. The van der Waals surface area contributed by atoms with Crippen molar-refractivity contribution in [2.24, 2.45) is 0 Å². The molecule has 2 rings (SSSR count). The van der Waals surface area contributed by atoms with Gasteiger partial charge in [0.05, 0.1) is 0 Å². The molecule has 0 aliphatic carbocycles. The summed E-state index contributed by atoms with van der Waals surface area (Å²) in [6, 6.07) is 5.84. The standard InChI is InChI=1S/C10H11NOS/c1-7(12)8-2-3-10-9(6-8)11-4-5-13-10/h2-3,6,11H,4-5H2,1H3. The Kier molecular flexibility index (Phi) is 2.27. The number of hydrogen-bond acceptors (Lipinski definition) is 3. The Hall–Kier alpha value is -0.960. The van der Waals surface area contributed by atoms with Gasteiger partial charge in [-0.25, -0.2) is 0 Å². The highest BCUT2D eigenvalue weighted by molar-refractivity contribution is 7.99. The van der Waals surface area contributed by atoms with Gasteiger partial charge in [-0.05, 0) is 19.1 Å². The molecule has 1 heterocycles. The van der Waals surface area contributed by atoms with Crippen molar-refractivity contribution >= 4 is 23.2 Å². The summed E-state index contributed by atoms with van der Waals surface area (Å²) in [5.74, 6) is 1.23. The molecule has 0 aromatic heterocycles. The predicted octanol–water partition coefficient (Wildman–Crippen LogP) is 2.41. The first-order valence-electron chi connectivity index (χ1n) is 4.29. The quantitative estimate of drug-likeness (QED) is 0.694. The largest absolute Gasteiger partial charge is 0.383 e. The number of fused-ring (bicyclic) bond motifs is 1. The molecule has 1 aromatic carbocycles. The Morgan fingerprint density at radius 2 is 2.38 bits per heavy atom. The third kappa shape index (κ3) is 1.70. The predicted molar refractivity (Wildman–Crippen MR) is 55.7 cm³/mol. The molecule has 1 aliphatic rings. The molecule has 0 amide bonds. The molecular weight excluding hydrogens is 182 g/mol. The van der Waals surface area contributed by atoms with E-state index in [1.54, 1.807) is 6.92 Å². The lowest BCUT2D eigenvalue weighted by Crippen LogP contribution is -2.10. The zero-order chi connectivity index (χ0) is 9.26. The van der Waals surface area contributed by atoms with Crippen LogP contribution in [0.4, 0.5) is 5.69 Å². The summed E-state index contributed by atoms with van der Waals surface area (Å²) < 4.78 is 0. The zero-order valence-corrected chi connectivity index (χ0v) is 8.28. The summed E-state index contributed by atoms with van der Waals surface area (Å²) in [7, 11) is 0. The molecule has 3 heteroatoms. The second kappa shape index (κ2) is 3.42. The minimum Gasteiger partial charge on any atom is -0.383 e. The van der Waals surface area contributed by atoms with Crippen LogP contribution in [-0.4, -0.2) is 18.1 Å². The number of carbonyl (C=O) groups is 1. The highest BCUT2D eigenvalue weighted by atomic mass is 32.2. The van der Waals surface area contributed by atoms with Crippen molar-refractivity contribution in [2.45, 2.75) is 11.8 Å². The van der Waals surface area contributed by atoms with Gasteiger partial charge in [0, 0.05) is 28.4 Å². The van der Waals surface area contributed by atoms with E-state index in [1.165, 1.54) is 4.90 Å². The minimum absolute atomic E-state index is 0.125. The second-order valence-corrected chi connectivity index (χ2v) is 4.18. The van der Waals surface area contributed by atoms with Crippen molar-refractivity contribution < 1.29 is 4.79 Å². The van der Waals surface area contributed by atoms with Crippen LogP contribution in [0.15, 0.2) is 23.1 Å². The highest BCUT2D eigenvalue weighted by Gasteiger charge is 2.10. The van der Waals surface area contributed by atoms with Crippen molar-refractivity contribution in [1.82, 2.24) is 0 Å². The lowest BCUT2D eigenvalue weighted by molar-refractivity contribution is 0.101. The summed E-state index contributed by atoms with van der Waals surface area (Å²) >= 11 is 1.84. The lowest BCUT2D eigenvalue weighted by Gasteiger charge is -2.17. The molecular formula is C10H11NOS. The Morgan fingerprint density at radius 3 is 3.15 bits per heavy atom. The molecule has 0 fully saturated rings. The van der Waals surface area contributed by atoms with Crippen molar-refractivity contribution in [3.63, 3.8) is 0 Å². The van der Waals surface area contributed by atoms with E-state index in [2.05, 4.69) is 5.32 Å². The van der Waals surface area contributed by atoms with Crippen LogP contribution in [0.3, 0.4) is 0 Å². The summed E-state index contributed by atoms with van der Waals surface area (Å²) in [6.45, 7) is 2.58. The molecule has 0 atom stereocenters. The van der Waals surface area contributed by atoms with Gasteiger partial charge in [-0.1, -0.05) is 6.07 Å². The molecule has 0 spiro atoms. The first-order chi connectivity index (χ1) is 6.27. The average Bonchev–Trinajstić information content (AvgIpc) is 2.17. The van der Waals surface area contributed by atoms with Gasteiger partial charge < -0.3 is 5.32 Å². The van der Waals surface area contributed by atoms with Gasteiger partial charge >= 0.3 is 0 Å². The van der Waals surface area contributed by atoms with Gasteiger partial charge in [-0.2, -0.15) is 0 Å². The summed E-state index contributed by atoms with van der Waals surface area (Å²) in [4.78, 5) is 12.3. The van der Waals surface area contributed by atoms with Crippen molar-refractivity contribution in [3.8, 4) is 0 Å². The van der Waals surface area contributed by atoms with Gasteiger partial charge in [0.25, 0.3) is 0 Å². The molecule has 0 unspecified atom stereocenters. The molecule has 0 bridgehead atoms. The smallest absolute Gasteiger partial charge is 0.159 e. The van der Waals surface area contributed by atoms with Crippen LogP contribution in [-0.2, 0) is 0 Å². The molecule has 0 radical (unpaired) electrons. The number of ketones is 1. The van der Waals surface area contributed by atoms with Gasteiger partial charge in [0.2, 0.25) is 0 Å². The molecule has 2 nitrogen and oxygen atoms in total. The van der Waals surface area contributed by atoms with Crippen molar-refractivity contribution in [3.05, 3.63) is 23.8 Å². The van der Waals surface area contributed by atoms with Gasteiger partial charge in [0.15, 0.2) is 5.78 Å². The summed E-state index contributed by atoms with van der Waals surface area (Å²) in [6.07, 6.45) is 0. The SMILES string of the molecule is CC(=O)c1ccc2c(c1)NCCS2. The molecule has 1 N–H and O–H groups in total. The summed E-state index contributed by atoms with van der Waals surface area (Å²) in [5.41, 5.74) is 1.89. The number of carbonyl (C=O) groups excluding carboxylic acids is 1. The number of nitrogens with one attached hydrogen (secondary N) is 1. The van der Waals surface area contributed by atoms with E-state index in [9.17, 15) is 4.79 Å². The number of hydrogen-bond donors (Lipinski definition) is 1. The van der Waals surface area contributed by atoms with E-state index < -0.39 is 0 Å². The number of anilines is 1. The van der Waals surface area contributed by atoms with E-state index >= 15 is 0 Å². The zero-order valence-electron chi connectivity index (χ0n) is 7.46. The first-order valence-corrected chi connectivity index (χ1v) is 5.27. The Bertz CT molecular complexity index is 349. The van der Waals surface area contributed by atoms with E-state index in [4.69, 9.17) is 0 Å². The molecule has 0 saturated carbocycles. The molecule has 1 aromatic rings. The number of benzene rings is 1. The van der Waals surface area contributed by atoms with Crippen molar-refractivity contribution in [1.29, 1.82) is 0 Å². The Labute approximate surface area is 81.7 Å². The van der Waals surface area contributed by atoms with Gasteiger partial charge in [-0.15, -0.1) is 11.8 Å². The molecule has 1 aliphatic heterocycles. The highest BCUT2D eigenvalue weighted by Crippen LogP contribution is 2.31. The normalized spacial score (nSPS) is 14.5. The Morgan fingerprint density at radius 1 is 1.54 bits per heavy atom. The third-order valence-corrected chi connectivity index (χ3v) is 3.14. The lowest BCUT2D eigenvalue weighted by atomic mass is 10.1. The van der Waals surface area contributed by atoms with E-state index in [-0.39, 0.29) is 5.78 Å². The van der Waals surface area contributed by atoms with Gasteiger partial charge in [0.1, 0.15) is 0 Å². The number of Topliss-reactive ketones (excluding diaryl/α,β-unsaturated/α-hetero) is 1. The van der Waals surface area contributed by atoms with Crippen LogP contribution < -0.4 is 5.32 Å². The molecule has 0 saturated heterocycles. The monoisotopic (exact) mass is 193 g/mol. The fourth-order valence-electron chi connectivity index (χ4n) is 1.36. The van der Waals surface area contributed by atoms with Gasteiger partial charge in [-0.3, -0.25) is 4.79 Å². The maximum Gasteiger partial charge on any atom is 0.159 e. The third-order valence-electron chi connectivity index (χ3n) is 2.06. The minimum atomic E-state index is 0.125. The average molecular weight is 193 g/mol. The maximum atomic E-state index is 11.1. The van der Waals surface area contributed by atoms with Crippen LogP contribution in [0.2, 0.25) is 0 Å². The topological polar surface area (TPSA) is 29.1 Å². The van der Waals surface area contributed by atoms with E-state index in [1.807, 2.05) is 30.0 Å². The summed E-state index contributed by atoms with van der Waals surface area (Å²) in [5, 5.41) is 3.28. The maximum absolute atomic E-state index is 11.1. The van der Waals surface area contributed by atoms with Crippen LogP contribution in [0.5, 0.6) is 0 Å². The Balaban J connectivity index is 2.40. The van der Waals surface area contributed by atoms with E-state index in [0.29, 0.717) is 0 Å².